The molecule has 11 nitrogen and oxygen atoms in total. The smallest absolute Gasteiger partial charge is 0.422 e. The molecule has 3 aromatic rings. The lowest BCUT2D eigenvalue weighted by molar-refractivity contribution is -0.138. The van der Waals surface area contributed by atoms with Gasteiger partial charge in [-0.15, -0.1) is 10.2 Å². The summed E-state index contributed by atoms with van der Waals surface area (Å²) < 4.78 is 63.2. The van der Waals surface area contributed by atoms with Crippen molar-refractivity contribution in [3.8, 4) is 0 Å². The van der Waals surface area contributed by atoms with E-state index in [0.717, 1.165) is 18.6 Å². The van der Waals surface area contributed by atoms with Crippen LogP contribution < -0.4 is 15.8 Å². The van der Waals surface area contributed by atoms with Crippen LogP contribution in [0.15, 0.2) is 27.8 Å². The molecular weight excluding hydrogens is 452 g/mol. The van der Waals surface area contributed by atoms with Gasteiger partial charge in [0.2, 0.25) is 17.7 Å². The Bertz CT molecular complexity index is 1140. The fourth-order valence-corrected chi connectivity index (χ4v) is 3.18. The van der Waals surface area contributed by atoms with Crippen LogP contribution in [-0.2, 0) is 17.5 Å². The van der Waals surface area contributed by atoms with Gasteiger partial charge in [0.1, 0.15) is 12.2 Å². The van der Waals surface area contributed by atoms with E-state index in [0.29, 0.717) is 24.9 Å². The van der Waals surface area contributed by atoms with E-state index < -0.39 is 34.8 Å². The van der Waals surface area contributed by atoms with E-state index in [1.807, 2.05) is 4.90 Å². The molecule has 15 heteroatoms. The van der Waals surface area contributed by atoms with Crippen LogP contribution in [0, 0.1) is 5.82 Å². The molecule has 0 bridgehead atoms. The van der Waals surface area contributed by atoms with E-state index in [1.165, 1.54) is 0 Å². The van der Waals surface area contributed by atoms with Gasteiger partial charge < -0.3 is 19.4 Å². The zero-order chi connectivity index (χ0) is 23.6. The lowest BCUT2D eigenvalue weighted by atomic mass is 10.0. The maximum Gasteiger partial charge on any atom is 0.423 e. The SMILES string of the molecule is CC(COCc1nnc(C2CN(c3ncc(F)cn3)C2)o1)Nc1cn[nH]c(=O)c1C(F)(F)F. The fourth-order valence-electron chi connectivity index (χ4n) is 3.18. The number of alkyl halides is 3. The first-order valence-corrected chi connectivity index (χ1v) is 9.74. The summed E-state index contributed by atoms with van der Waals surface area (Å²) in [5, 5.41) is 15.6. The Balaban J connectivity index is 1.25. The first-order valence-electron chi connectivity index (χ1n) is 9.74. The van der Waals surface area contributed by atoms with Crippen molar-refractivity contribution >= 4 is 11.6 Å². The third kappa shape index (κ3) is 5.24. The summed E-state index contributed by atoms with van der Waals surface area (Å²) in [6.45, 7) is 2.60. The molecule has 1 aliphatic rings. The highest BCUT2D eigenvalue weighted by Gasteiger charge is 2.37. The highest BCUT2D eigenvalue weighted by atomic mass is 19.4. The Morgan fingerprint density at radius 2 is 2.00 bits per heavy atom. The van der Waals surface area contributed by atoms with Crippen LogP contribution in [-0.4, -0.2) is 56.1 Å². The van der Waals surface area contributed by atoms with Crippen molar-refractivity contribution in [1.29, 1.82) is 0 Å². The molecule has 4 rings (SSSR count). The molecule has 0 saturated carbocycles. The molecule has 1 saturated heterocycles. The molecule has 1 atom stereocenters. The fraction of sp³-hybridized carbons (Fsp3) is 0.444. The number of anilines is 2. The number of hydrogen-bond acceptors (Lipinski definition) is 10. The third-order valence-electron chi connectivity index (χ3n) is 4.74. The minimum absolute atomic E-state index is 0.000914. The number of H-pyrrole nitrogens is 1. The molecule has 0 radical (unpaired) electrons. The van der Waals surface area contributed by atoms with Crippen LogP contribution in [0.25, 0.3) is 0 Å². The summed E-state index contributed by atoms with van der Waals surface area (Å²) in [6, 6.07) is -0.576. The summed E-state index contributed by atoms with van der Waals surface area (Å²) in [7, 11) is 0. The Morgan fingerprint density at radius 3 is 2.70 bits per heavy atom. The maximum atomic E-state index is 13.1. The molecular formula is C18H18F4N8O3. The van der Waals surface area contributed by atoms with Crippen molar-refractivity contribution in [2.24, 2.45) is 0 Å². The van der Waals surface area contributed by atoms with Crippen molar-refractivity contribution in [2.75, 3.05) is 29.9 Å². The first kappa shape index (κ1) is 22.6. The van der Waals surface area contributed by atoms with E-state index in [4.69, 9.17) is 9.15 Å². The van der Waals surface area contributed by atoms with Gasteiger partial charge in [0.25, 0.3) is 5.56 Å². The molecule has 0 amide bonds. The van der Waals surface area contributed by atoms with E-state index in [1.54, 1.807) is 12.0 Å². The maximum absolute atomic E-state index is 13.1. The van der Waals surface area contributed by atoms with Gasteiger partial charge in [-0.1, -0.05) is 0 Å². The van der Waals surface area contributed by atoms with Crippen LogP contribution in [0.2, 0.25) is 0 Å². The van der Waals surface area contributed by atoms with Crippen molar-refractivity contribution in [3.05, 3.63) is 52.1 Å². The monoisotopic (exact) mass is 470 g/mol. The van der Waals surface area contributed by atoms with Gasteiger partial charge in [0, 0.05) is 19.1 Å². The topological polar surface area (TPSA) is 135 Å². The lowest BCUT2D eigenvalue weighted by Gasteiger charge is -2.36. The van der Waals surface area contributed by atoms with Gasteiger partial charge in [-0.3, -0.25) is 4.79 Å². The van der Waals surface area contributed by atoms with Crippen molar-refractivity contribution < 1.29 is 26.7 Å². The average molecular weight is 470 g/mol. The number of ether oxygens (including phenoxy) is 1. The largest absolute Gasteiger partial charge is 0.423 e. The van der Waals surface area contributed by atoms with E-state index >= 15 is 0 Å². The standard InChI is InChI=1S/C18H18F4N8O3/c1-9(26-12-4-25-28-15(31)14(12)18(20,21)22)7-32-8-13-27-29-16(33-13)10-5-30(6-10)17-23-2-11(19)3-24-17/h2-4,9-10H,5-8H2,1H3,(H2,26,28,31). The molecule has 33 heavy (non-hydrogen) atoms. The van der Waals surface area contributed by atoms with Gasteiger partial charge in [-0.2, -0.15) is 18.3 Å². The number of hydrogen-bond donors (Lipinski definition) is 2. The van der Waals surface area contributed by atoms with E-state index in [-0.39, 0.29) is 25.0 Å². The number of halogens is 4. The number of rotatable bonds is 8. The molecule has 0 aromatic carbocycles. The average Bonchev–Trinajstić information content (AvgIpc) is 3.15. The number of nitrogens with one attached hydrogen (secondary N) is 2. The first-order chi connectivity index (χ1) is 15.7. The summed E-state index contributed by atoms with van der Waals surface area (Å²) in [5.41, 5.74) is -3.13. The normalized spacial score (nSPS) is 15.4. The molecule has 1 fully saturated rings. The quantitative estimate of drug-likeness (QED) is 0.469. The second-order valence-electron chi connectivity index (χ2n) is 7.38. The van der Waals surface area contributed by atoms with Crippen molar-refractivity contribution in [2.45, 2.75) is 31.7 Å². The van der Waals surface area contributed by atoms with E-state index in [9.17, 15) is 22.4 Å². The summed E-state index contributed by atoms with van der Waals surface area (Å²) in [4.78, 5) is 21.1. The second kappa shape index (κ2) is 9.09. The van der Waals surface area contributed by atoms with Gasteiger partial charge >= 0.3 is 6.18 Å². The Morgan fingerprint density at radius 1 is 1.27 bits per heavy atom. The molecule has 1 aliphatic heterocycles. The highest BCUT2D eigenvalue weighted by molar-refractivity contribution is 5.50. The van der Waals surface area contributed by atoms with E-state index in [2.05, 4.69) is 30.6 Å². The molecule has 2 N–H and O–H groups in total. The number of aromatic nitrogens is 6. The minimum atomic E-state index is -4.83. The van der Waals surface area contributed by atoms with Crippen molar-refractivity contribution in [3.63, 3.8) is 0 Å². The Labute approximate surface area is 183 Å². The van der Waals surface area contributed by atoms with Gasteiger partial charge in [0.15, 0.2) is 5.82 Å². The molecule has 3 aromatic heterocycles. The van der Waals surface area contributed by atoms with Crippen LogP contribution >= 0.6 is 0 Å². The zero-order valence-electron chi connectivity index (χ0n) is 17.1. The van der Waals surface area contributed by atoms with Gasteiger partial charge in [0.05, 0.1) is 36.8 Å². The molecule has 1 unspecified atom stereocenters. The van der Waals surface area contributed by atoms with Crippen molar-refractivity contribution in [1.82, 2.24) is 30.4 Å². The third-order valence-corrected chi connectivity index (χ3v) is 4.74. The summed E-state index contributed by atoms with van der Waals surface area (Å²) >= 11 is 0. The van der Waals surface area contributed by atoms with Crippen LogP contribution in [0.5, 0.6) is 0 Å². The Kier molecular flexibility index (Phi) is 6.22. The van der Waals surface area contributed by atoms with Crippen LogP contribution in [0.3, 0.4) is 0 Å². The zero-order valence-corrected chi connectivity index (χ0v) is 17.1. The number of aromatic amines is 1. The molecule has 4 heterocycles. The van der Waals surface area contributed by atoms with Crippen LogP contribution in [0.4, 0.5) is 29.2 Å². The van der Waals surface area contributed by atoms with Crippen LogP contribution in [0.1, 0.15) is 30.2 Å². The summed E-state index contributed by atoms with van der Waals surface area (Å²) in [6.07, 6.45) is -1.77. The molecule has 176 valence electrons. The molecule has 0 aliphatic carbocycles. The predicted octanol–water partition coefficient (Wildman–Crippen LogP) is 1.72. The molecule has 0 spiro atoms. The predicted molar refractivity (Wildman–Crippen MR) is 104 cm³/mol. The van der Waals surface area contributed by atoms with Gasteiger partial charge in [-0.25, -0.2) is 19.5 Å². The lowest BCUT2D eigenvalue weighted by Crippen LogP contribution is -2.46. The highest BCUT2D eigenvalue weighted by Crippen LogP contribution is 2.32. The minimum Gasteiger partial charge on any atom is -0.422 e. The summed E-state index contributed by atoms with van der Waals surface area (Å²) in [5.74, 6) is 0.466. The number of nitrogens with zero attached hydrogens (tertiary/aromatic N) is 6. The van der Waals surface area contributed by atoms with Gasteiger partial charge in [-0.05, 0) is 6.92 Å². The second-order valence-corrected chi connectivity index (χ2v) is 7.38. The Hall–Kier alpha value is -3.62.